The van der Waals surface area contributed by atoms with E-state index in [1.807, 2.05) is 18.2 Å². The third kappa shape index (κ3) is 5.91. The summed E-state index contributed by atoms with van der Waals surface area (Å²) in [6.07, 6.45) is 0.121. The van der Waals surface area contributed by atoms with E-state index in [1.54, 1.807) is 48.5 Å². The maximum Gasteiger partial charge on any atom is 0.323 e. The number of urea groups is 1. The molecule has 8 heteroatoms. The summed E-state index contributed by atoms with van der Waals surface area (Å²) < 4.78 is 16.0. The van der Waals surface area contributed by atoms with Crippen LogP contribution in [0.4, 0.5) is 21.9 Å². The summed E-state index contributed by atoms with van der Waals surface area (Å²) in [4.78, 5) is 24.6. The Kier molecular flexibility index (Phi) is 7.53. The lowest BCUT2D eigenvalue weighted by Gasteiger charge is -2.14. The molecule has 3 rings (SSSR count). The first-order chi connectivity index (χ1) is 15.5. The molecule has 0 fully saturated rings. The number of carbonyl (C=O) groups is 2. The van der Waals surface area contributed by atoms with Gasteiger partial charge in [0, 0.05) is 17.1 Å². The topological polar surface area (TPSA) is 97.9 Å². The van der Waals surface area contributed by atoms with Gasteiger partial charge in [-0.1, -0.05) is 18.2 Å². The molecule has 0 unspecified atom stereocenters. The lowest BCUT2D eigenvalue weighted by Crippen LogP contribution is -2.19. The molecule has 32 heavy (non-hydrogen) atoms. The largest absolute Gasteiger partial charge is 0.493 e. The van der Waals surface area contributed by atoms with Gasteiger partial charge in [-0.3, -0.25) is 4.79 Å². The van der Waals surface area contributed by atoms with Crippen molar-refractivity contribution in [3.63, 3.8) is 0 Å². The normalized spacial score (nSPS) is 10.1. The number of benzene rings is 3. The molecule has 0 aliphatic carbocycles. The summed E-state index contributed by atoms with van der Waals surface area (Å²) in [6.45, 7) is 0. The van der Waals surface area contributed by atoms with Gasteiger partial charge in [-0.2, -0.15) is 0 Å². The van der Waals surface area contributed by atoms with Crippen molar-refractivity contribution in [3.8, 4) is 17.2 Å². The molecule has 0 saturated heterocycles. The summed E-state index contributed by atoms with van der Waals surface area (Å²) in [5.41, 5.74) is 2.62. The third-order valence-electron chi connectivity index (χ3n) is 4.55. The highest BCUT2D eigenvalue weighted by Gasteiger charge is 2.15. The molecule has 3 N–H and O–H groups in total. The van der Waals surface area contributed by atoms with Gasteiger partial charge in [-0.05, 0) is 54.1 Å². The molecule has 0 saturated carbocycles. The van der Waals surface area contributed by atoms with Gasteiger partial charge in [0.1, 0.15) is 0 Å². The summed E-state index contributed by atoms with van der Waals surface area (Å²) in [7, 11) is 4.57. The Morgan fingerprint density at radius 3 is 1.69 bits per heavy atom. The highest BCUT2D eigenvalue weighted by Crippen LogP contribution is 2.38. The van der Waals surface area contributed by atoms with E-state index in [2.05, 4.69) is 16.0 Å². The molecule has 0 heterocycles. The van der Waals surface area contributed by atoms with Crippen LogP contribution in [0.1, 0.15) is 5.56 Å². The first kappa shape index (κ1) is 22.5. The number of ether oxygens (including phenoxy) is 3. The number of para-hydroxylation sites is 1. The number of carbonyl (C=O) groups excluding carboxylic acids is 2. The number of anilines is 3. The second-order valence-corrected chi connectivity index (χ2v) is 6.78. The standard InChI is InChI=1S/C24H25N3O5/c1-30-20-13-16(14-21(31-2)23(20)32-3)15-22(28)25-18-9-11-19(12-10-18)27-24(29)26-17-7-5-4-6-8-17/h4-14H,15H2,1-3H3,(H,25,28)(H2,26,27,29). The third-order valence-corrected chi connectivity index (χ3v) is 4.55. The molecule has 8 nitrogen and oxygen atoms in total. The number of methoxy groups -OCH3 is 3. The number of hydrogen-bond acceptors (Lipinski definition) is 5. The van der Waals surface area contributed by atoms with E-state index in [4.69, 9.17) is 14.2 Å². The molecule has 0 atom stereocenters. The van der Waals surface area contributed by atoms with Crippen molar-refractivity contribution in [1.82, 2.24) is 0 Å². The molecule has 3 aromatic rings. The van der Waals surface area contributed by atoms with Crippen LogP contribution in [0.3, 0.4) is 0 Å². The predicted octanol–water partition coefficient (Wildman–Crippen LogP) is 4.54. The fourth-order valence-corrected chi connectivity index (χ4v) is 3.08. The molecular weight excluding hydrogens is 410 g/mol. The van der Waals surface area contributed by atoms with Gasteiger partial charge in [-0.25, -0.2) is 4.79 Å². The molecule has 0 aliphatic heterocycles. The fourth-order valence-electron chi connectivity index (χ4n) is 3.08. The van der Waals surface area contributed by atoms with Crippen LogP contribution in [0.5, 0.6) is 17.2 Å². The molecule has 3 aromatic carbocycles. The van der Waals surface area contributed by atoms with Gasteiger partial charge < -0.3 is 30.2 Å². The molecule has 3 amide bonds. The minimum atomic E-state index is -0.351. The molecule has 0 radical (unpaired) electrons. The van der Waals surface area contributed by atoms with Crippen molar-refractivity contribution in [1.29, 1.82) is 0 Å². The Labute approximate surface area is 186 Å². The Bertz CT molecular complexity index is 1040. The zero-order chi connectivity index (χ0) is 22.9. The molecule has 0 spiro atoms. The van der Waals surface area contributed by atoms with Crippen LogP contribution < -0.4 is 30.2 Å². The zero-order valence-electron chi connectivity index (χ0n) is 18.1. The molecule has 0 bridgehead atoms. The van der Waals surface area contributed by atoms with Gasteiger partial charge in [0.15, 0.2) is 11.5 Å². The van der Waals surface area contributed by atoms with Crippen molar-refractivity contribution >= 4 is 29.0 Å². The van der Waals surface area contributed by atoms with Gasteiger partial charge in [-0.15, -0.1) is 0 Å². The Morgan fingerprint density at radius 2 is 1.19 bits per heavy atom. The van der Waals surface area contributed by atoms with Crippen LogP contribution in [0.15, 0.2) is 66.7 Å². The summed E-state index contributed by atoms with van der Waals surface area (Å²) >= 11 is 0. The maximum absolute atomic E-state index is 12.5. The first-order valence-electron chi connectivity index (χ1n) is 9.84. The summed E-state index contributed by atoms with van der Waals surface area (Å²) in [5, 5.41) is 8.32. The number of amides is 3. The maximum atomic E-state index is 12.5. The minimum absolute atomic E-state index is 0.121. The van der Waals surface area contributed by atoms with Gasteiger partial charge >= 0.3 is 6.03 Å². The Morgan fingerprint density at radius 1 is 0.688 bits per heavy atom. The zero-order valence-corrected chi connectivity index (χ0v) is 18.1. The minimum Gasteiger partial charge on any atom is -0.493 e. The van der Waals surface area contributed by atoms with E-state index in [-0.39, 0.29) is 18.4 Å². The van der Waals surface area contributed by atoms with Gasteiger partial charge in [0.05, 0.1) is 27.8 Å². The average Bonchev–Trinajstić information content (AvgIpc) is 2.80. The van der Waals surface area contributed by atoms with Crippen LogP contribution in [0.2, 0.25) is 0 Å². The number of nitrogens with one attached hydrogen (secondary N) is 3. The lowest BCUT2D eigenvalue weighted by atomic mass is 10.1. The van der Waals surface area contributed by atoms with Crippen molar-refractivity contribution < 1.29 is 23.8 Å². The van der Waals surface area contributed by atoms with Gasteiger partial charge in [0.2, 0.25) is 11.7 Å². The van der Waals surface area contributed by atoms with Crippen LogP contribution in [0, 0.1) is 0 Å². The Hall–Kier alpha value is -4.20. The van der Waals surface area contributed by atoms with Crippen molar-refractivity contribution in [2.45, 2.75) is 6.42 Å². The highest BCUT2D eigenvalue weighted by molar-refractivity contribution is 6.00. The van der Waals surface area contributed by atoms with Crippen molar-refractivity contribution in [3.05, 3.63) is 72.3 Å². The number of hydrogen-bond donors (Lipinski definition) is 3. The van der Waals surface area contributed by atoms with Crippen molar-refractivity contribution in [2.24, 2.45) is 0 Å². The smallest absolute Gasteiger partial charge is 0.323 e. The van der Waals surface area contributed by atoms with E-state index in [9.17, 15) is 9.59 Å². The Balaban J connectivity index is 1.58. The molecule has 0 aromatic heterocycles. The van der Waals surface area contributed by atoms with E-state index in [0.717, 1.165) is 0 Å². The second kappa shape index (κ2) is 10.7. The van der Waals surface area contributed by atoms with Crippen LogP contribution in [0.25, 0.3) is 0 Å². The van der Waals surface area contributed by atoms with E-state index >= 15 is 0 Å². The van der Waals surface area contributed by atoms with Crippen LogP contribution >= 0.6 is 0 Å². The average molecular weight is 435 g/mol. The molecular formula is C24H25N3O5. The fraction of sp³-hybridized carbons (Fsp3) is 0.167. The summed E-state index contributed by atoms with van der Waals surface area (Å²) in [6, 6.07) is 19.1. The highest BCUT2D eigenvalue weighted by atomic mass is 16.5. The van der Waals surface area contributed by atoms with E-state index < -0.39 is 0 Å². The molecule has 166 valence electrons. The monoisotopic (exact) mass is 435 g/mol. The van der Waals surface area contributed by atoms with E-state index in [1.165, 1.54) is 21.3 Å². The van der Waals surface area contributed by atoms with Crippen LogP contribution in [-0.2, 0) is 11.2 Å². The summed E-state index contributed by atoms with van der Waals surface area (Å²) in [5.74, 6) is 1.23. The molecule has 0 aliphatic rings. The van der Waals surface area contributed by atoms with Gasteiger partial charge in [0.25, 0.3) is 0 Å². The number of rotatable bonds is 8. The lowest BCUT2D eigenvalue weighted by molar-refractivity contribution is -0.115. The van der Waals surface area contributed by atoms with Crippen molar-refractivity contribution in [2.75, 3.05) is 37.3 Å². The van der Waals surface area contributed by atoms with E-state index in [0.29, 0.717) is 39.9 Å². The predicted molar refractivity (Wildman–Crippen MR) is 124 cm³/mol. The second-order valence-electron chi connectivity index (χ2n) is 6.78. The SMILES string of the molecule is COc1cc(CC(=O)Nc2ccc(NC(=O)Nc3ccccc3)cc2)cc(OC)c1OC. The first-order valence-corrected chi connectivity index (χ1v) is 9.84. The van der Waals surface area contributed by atoms with Crippen LogP contribution in [-0.4, -0.2) is 33.3 Å². The quantitative estimate of drug-likeness (QED) is 0.483.